The monoisotopic (exact) mass is 496 g/mol. The molecule has 0 aliphatic heterocycles. The van der Waals surface area contributed by atoms with Crippen LogP contribution in [0.5, 0.6) is 0 Å². The van der Waals surface area contributed by atoms with E-state index in [1.165, 1.54) is 0 Å². The van der Waals surface area contributed by atoms with E-state index in [-0.39, 0.29) is 51.1 Å². The molecule has 0 rings (SSSR count). The summed E-state index contributed by atoms with van der Waals surface area (Å²) in [4.78, 5) is 0. The molecule has 0 atom stereocenters. The number of rotatable bonds is 0. The van der Waals surface area contributed by atoms with Crippen molar-refractivity contribution in [1.29, 1.82) is 0 Å². The molecule has 18 valence electrons. The first kappa shape index (κ1) is 10.6. The molecule has 0 heterocycles. The molecule has 4 heteroatoms. The Morgan fingerprint density at radius 1 is 1.25 bits per heavy atom. The molecule has 0 nitrogen and oxygen atoms in total. The summed E-state index contributed by atoms with van der Waals surface area (Å²) >= 11 is 4.99. The first-order valence-electron chi connectivity index (χ1n) is 0.535. The minimum absolute atomic E-state index is 0. The van der Waals surface area contributed by atoms with Crippen molar-refractivity contribution < 1.29 is 27.7 Å². The summed E-state index contributed by atoms with van der Waals surface area (Å²) in [6, 6.07) is 0. The van der Waals surface area contributed by atoms with Gasteiger partial charge < -0.3 is 0 Å². The molecular formula is CaHgI2. The second kappa shape index (κ2) is 9.82. The molecule has 0 N–H and O–H groups in total. The van der Waals surface area contributed by atoms with Gasteiger partial charge in [-0.15, -0.1) is 0 Å². The molecule has 0 aliphatic rings. The Kier molecular flexibility index (Phi) is 26.0. The summed E-state index contributed by atoms with van der Waals surface area (Å²) < 4.78 is 0. The molecule has 0 spiro atoms. The fourth-order valence-corrected chi connectivity index (χ4v) is 0. The van der Waals surface area contributed by atoms with Gasteiger partial charge in [-0.05, 0) is 0 Å². The van der Waals surface area contributed by atoms with Crippen LogP contribution in [0.25, 0.3) is 0 Å². The fourth-order valence-electron chi connectivity index (χ4n) is 0. The van der Waals surface area contributed by atoms with Crippen LogP contribution in [0.1, 0.15) is 0 Å². The molecular weight excluding hydrogens is 494 g/mol. The van der Waals surface area contributed by atoms with Crippen LogP contribution in [0, 0.1) is 0 Å². The average molecular weight is 494 g/mol. The van der Waals surface area contributed by atoms with Gasteiger partial charge in [-0.25, -0.2) is 0 Å². The van der Waals surface area contributed by atoms with E-state index in [4.69, 9.17) is 0 Å². The molecule has 0 fully saturated rings. The topological polar surface area (TPSA) is 0 Å². The third-order valence-electron chi connectivity index (χ3n) is 0. The van der Waals surface area contributed by atoms with Crippen molar-refractivity contribution in [2.45, 2.75) is 0 Å². The molecule has 4 heavy (non-hydrogen) atoms. The van der Waals surface area contributed by atoms with Crippen molar-refractivity contribution in [2.24, 2.45) is 0 Å². The maximum absolute atomic E-state index is 2.46. The zero-order chi connectivity index (χ0) is 2.71. The standard InChI is InChI=1S/Ca.Hg.2HI/h;;2*1H/q+2;;;/p-2. The van der Waals surface area contributed by atoms with Crippen molar-refractivity contribution in [3.05, 3.63) is 0 Å². The normalized spacial score (nSPS) is 2.50. The van der Waals surface area contributed by atoms with E-state index in [2.05, 4.69) is 30.0 Å². The minimum atomic E-state index is 0. The van der Waals surface area contributed by atoms with Gasteiger partial charge in [0.25, 0.3) is 0 Å². The predicted octanol–water partition coefficient (Wildman–Crippen LogP) is 1.39. The molecule has 0 unspecified atom stereocenters. The maximum atomic E-state index is 2.46. The number of halogens is 2. The van der Waals surface area contributed by atoms with Crippen molar-refractivity contribution in [1.82, 2.24) is 0 Å². The van der Waals surface area contributed by atoms with Crippen LogP contribution in [0.4, 0.5) is 0 Å². The van der Waals surface area contributed by atoms with Crippen LogP contribution in [-0.2, 0) is 27.7 Å². The van der Waals surface area contributed by atoms with Crippen LogP contribution in [0.3, 0.4) is 0 Å². The molecule has 0 saturated heterocycles. The molecule has 0 saturated carbocycles. The van der Waals surface area contributed by atoms with Gasteiger partial charge in [-0.3, -0.25) is 0 Å². The number of hydrogen-bond acceptors (Lipinski definition) is 0. The first-order chi connectivity index (χ1) is 1.41. The average Bonchev–Trinajstić information content (AvgIpc) is 0.918. The second-order valence-corrected chi connectivity index (χ2v) is 18.7. The summed E-state index contributed by atoms with van der Waals surface area (Å²) in [5, 5.41) is 0. The van der Waals surface area contributed by atoms with Crippen molar-refractivity contribution in [2.75, 3.05) is 0 Å². The van der Waals surface area contributed by atoms with E-state index in [0.29, 0.717) is 0 Å². The third kappa shape index (κ3) is 9.17. The van der Waals surface area contributed by atoms with E-state index in [1.807, 2.05) is 0 Å². The molecule has 0 bridgehead atoms. The summed E-state index contributed by atoms with van der Waals surface area (Å²) in [7, 11) is 0. The van der Waals surface area contributed by atoms with Crippen LogP contribution in [0.15, 0.2) is 0 Å². The van der Waals surface area contributed by atoms with E-state index in [0.717, 1.165) is 0 Å². The van der Waals surface area contributed by atoms with Crippen LogP contribution in [0.2, 0.25) is 0 Å². The Morgan fingerprint density at radius 3 is 1.25 bits per heavy atom. The van der Waals surface area contributed by atoms with Gasteiger partial charge in [0.1, 0.15) is 0 Å². The van der Waals surface area contributed by atoms with Crippen LogP contribution >= 0.6 is 30.0 Å². The SMILES string of the molecule is [Hg].[I][Ca][I]. The van der Waals surface area contributed by atoms with Crippen molar-refractivity contribution in [3.8, 4) is 0 Å². The Labute approximate surface area is 78.2 Å². The molecule has 0 aromatic carbocycles. The quantitative estimate of drug-likeness (QED) is 0.353. The summed E-state index contributed by atoms with van der Waals surface area (Å²) in [5.74, 6) is 0. The first-order valence-corrected chi connectivity index (χ1v) is 14.8. The van der Waals surface area contributed by atoms with Gasteiger partial charge in [-0.1, -0.05) is 0 Å². The zero-order valence-electron chi connectivity index (χ0n) is 2.17. The molecule has 0 radical (unpaired) electrons. The van der Waals surface area contributed by atoms with Crippen LogP contribution in [-0.4, -0.2) is 23.4 Å². The Balaban J connectivity index is 0. The van der Waals surface area contributed by atoms with Gasteiger partial charge in [0.05, 0.1) is 0 Å². The summed E-state index contributed by atoms with van der Waals surface area (Å²) in [5.41, 5.74) is 0. The van der Waals surface area contributed by atoms with Gasteiger partial charge in [0, 0.05) is 27.7 Å². The van der Waals surface area contributed by atoms with E-state index in [1.54, 1.807) is 0 Å². The van der Waals surface area contributed by atoms with E-state index >= 15 is 0 Å². The molecule has 0 amide bonds. The Hall–Kier alpha value is 3.65. The fraction of sp³-hybridized carbons (Fsp3) is 0. The Bertz CT molecular complexity index is 6.00. The van der Waals surface area contributed by atoms with Crippen molar-refractivity contribution in [3.63, 3.8) is 0 Å². The predicted molar refractivity (Wildman–Crippen MR) is 33.8 cm³/mol. The van der Waals surface area contributed by atoms with Gasteiger partial charge >= 0.3 is 53.4 Å². The molecule has 0 aliphatic carbocycles. The van der Waals surface area contributed by atoms with E-state index in [9.17, 15) is 0 Å². The summed E-state index contributed by atoms with van der Waals surface area (Å²) in [6.45, 7) is 0. The van der Waals surface area contributed by atoms with Crippen LogP contribution < -0.4 is 0 Å². The van der Waals surface area contributed by atoms with Gasteiger partial charge in [0.2, 0.25) is 0 Å². The van der Waals surface area contributed by atoms with E-state index < -0.39 is 0 Å². The molecule has 0 aromatic rings. The second-order valence-electron chi connectivity index (χ2n) is 0.101. The molecule has 0 aromatic heterocycles. The van der Waals surface area contributed by atoms with Gasteiger partial charge in [0.15, 0.2) is 0 Å². The Morgan fingerprint density at radius 2 is 1.25 bits per heavy atom. The van der Waals surface area contributed by atoms with Gasteiger partial charge in [-0.2, -0.15) is 0 Å². The zero-order valence-corrected chi connectivity index (χ0v) is 14.2. The number of hydrogen-bond donors (Lipinski definition) is 0. The summed E-state index contributed by atoms with van der Waals surface area (Å²) in [6.07, 6.45) is 0. The van der Waals surface area contributed by atoms with Crippen molar-refractivity contribution >= 4 is 53.4 Å². The third-order valence-corrected chi connectivity index (χ3v) is 0.